The zero-order valence-electron chi connectivity index (χ0n) is 7.92. The quantitative estimate of drug-likeness (QED) is 0.639. The maximum atomic E-state index is 10.4. The molecule has 0 rings (SSSR count). The third-order valence-corrected chi connectivity index (χ3v) is 2.23. The van der Waals surface area contributed by atoms with Gasteiger partial charge in [-0.1, -0.05) is 20.3 Å². The monoisotopic (exact) mass is 173 g/mol. The number of rotatable bonds is 6. The summed E-state index contributed by atoms with van der Waals surface area (Å²) in [4.78, 5) is 10.4. The summed E-state index contributed by atoms with van der Waals surface area (Å²) in [5.41, 5.74) is 5.46. The summed E-state index contributed by atoms with van der Waals surface area (Å²) >= 11 is 0. The van der Waals surface area contributed by atoms with Crippen LogP contribution in [0.4, 0.5) is 0 Å². The number of hydrogen-bond donors (Lipinski definition) is 2. The first-order valence-corrected chi connectivity index (χ1v) is 4.52. The molecule has 0 aromatic rings. The highest BCUT2D eigenvalue weighted by molar-refractivity contribution is 5.67. The molecule has 0 aromatic carbocycles. The number of carboxylic acid groups (broad SMARTS) is 1. The Bertz CT molecular complexity index is 136. The number of hydrogen-bond acceptors (Lipinski definition) is 2. The van der Waals surface area contributed by atoms with Crippen molar-refractivity contribution in [1.82, 2.24) is 0 Å². The standard InChI is InChI=1S/C9H19NO2/c1-3-7(2)4-8(6-10)5-9(11)12/h7-8H,3-6,10H2,1-2H3,(H,11,12)/t7-,8-/m1/s1. The molecule has 3 heteroatoms. The average Bonchev–Trinajstić information content (AvgIpc) is 2.02. The number of carboxylic acids is 1. The Balaban J connectivity index is 3.74. The van der Waals surface area contributed by atoms with E-state index in [0.29, 0.717) is 12.5 Å². The summed E-state index contributed by atoms with van der Waals surface area (Å²) in [6, 6.07) is 0. The molecule has 72 valence electrons. The molecule has 0 saturated carbocycles. The van der Waals surface area contributed by atoms with Crippen LogP contribution in [-0.2, 0) is 4.79 Å². The minimum absolute atomic E-state index is 0.150. The van der Waals surface area contributed by atoms with E-state index in [1.54, 1.807) is 0 Å². The van der Waals surface area contributed by atoms with Crippen LogP contribution in [0.3, 0.4) is 0 Å². The zero-order valence-corrected chi connectivity index (χ0v) is 7.92. The smallest absolute Gasteiger partial charge is 0.303 e. The van der Waals surface area contributed by atoms with Gasteiger partial charge in [-0.15, -0.1) is 0 Å². The molecule has 0 radical (unpaired) electrons. The van der Waals surface area contributed by atoms with E-state index >= 15 is 0 Å². The van der Waals surface area contributed by atoms with Gasteiger partial charge in [0.15, 0.2) is 0 Å². The van der Waals surface area contributed by atoms with E-state index in [-0.39, 0.29) is 12.3 Å². The van der Waals surface area contributed by atoms with Crippen molar-refractivity contribution in [2.75, 3.05) is 6.54 Å². The SMILES string of the molecule is CC[C@@H](C)C[C@@H](CN)CC(=O)O. The number of carbonyl (C=O) groups is 1. The Morgan fingerprint density at radius 1 is 1.58 bits per heavy atom. The molecule has 0 saturated heterocycles. The van der Waals surface area contributed by atoms with Crippen LogP contribution in [0.15, 0.2) is 0 Å². The van der Waals surface area contributed by atoms with Gasteiger partial charge in [-0.25, -0.2) is 0 Å². The molecule has 3 nitrogen and oxygen atoms in total. The first-order valence-electron chi connectivity index (χ1n) is 4.52. The van der Waals surface area contributed by atoms with Gasteiger partial charge in [0.05, 0.1) is 0 Å². The van der Waals surface area contributed by atoms with Crippen molar-refractivity contribution in [1.29, 1.82) is 0 Å². The van der Waals surface area contributed by atoms with E-state index in [1.165, 1.54) is 0 Å². The molecule has 0 heterocycles. The maximum Gasteiger partial charge on any atom is 0.303 e. The Hall–Kier alpha value is -0.570. The Kier molecular flexibility index (Phi) is 5.72. The van der Waals surface area contributed by atoms with Crippen LogP contribution >= 0.6 is 0 Å². The summed E-state index contributed by atoms with van der Waals surface area (Å²) in [6.07, 6.45) is 2.23. The lowest BCUT2D eigenvalue weighted by Crippen LogP contribution is -2.20. The predicted octanol–water partition coefficient (Wildman–Crippen LogP) is 1.47. The molecule has 2 atom stereocenters. The van der Waals surface area contributed by atoms with Crippen molar-refractivity contribution in [2.45, 2.75) is 33.1 Å². The largest absolute Gasteiger partial charge is 0.481 e. The highest BCUT2D eigenvalue weighted by Gasteiger charge is 2.13. The molecule has 0 aliphatic heterocycles. The molecule has 0 aromatic heterocycles. The van der Waals surface area contributed by atoms with E-state index in [4.69, 9.17) is 10.8 Å². The second kappa shape index (κ2) is 6.00. The molecular formula is C9H19NO2. The van der Waals surface area contributed by atoms with Gasteiger partial charge in [-0.3, -0.25) is 4.79 Å². The summed E-state index contributed by atoms with van der Waals surface area (Å²) in [7, 11) is 0. The Morgan fingerprint density at radius 3 is 2.50 bits per heavy atom. The van der Waals surface area contributed by atoms with Gasteiger partial charge >= 0.3 is 5.97 Å². The highest BCUT2D eigenvalue weighted by Crippen LogP contribution is 2.16. The van der Waals surface area contributed by atoms with Crippen LogP contribution in [0.5, 0.6) is 0 Å². The molecular weight excluding hydrogens is 154 g/mol. The average molecular weight is 173 g/mol. The van der Waals surface area contributed by atoms with Crippen LogP contribution in [0, 0.1) is 11.8 Å². The van der Waals surface area contributed by atoms with Crippen LogP contribution in [-0.4, -0.2) is 17.6 Å². The van der Waals surface area contributed by atoms with E-state index in [9.17, 15) is 4.79 Å². The van der Waals surface area contributed by atoms with Gasteiger partial charge in [0.25, 0.3) is 0 Å². The molecule has 12 heavy (non-hydrogen) atoms. The van der Waals surface area contributed by atoms with Crippen LogP contribution in [0.2, 0.25) is 0 Å². The van der Waals surface area contributed by atoms with E-state index in [1.807, 2.05) is 0 Å². The van der Waals surface area contributed by atoms with Gasteiger partial charge in [-0.2, -0.15) is 0 Å². The van der Waals surface area contributed by atoms with Crippen LogP contribution in [0.1, 0.15) is 33.1 Å². The molecule has 0 amide bonds. The van der Waals surface area contributed by atoms with Crippen molar-refractivity contribution in [3.8, 4) is 0 Å². The lowest BCUT2D eigenvalue weighted by molar-refractivity contribution is -0.138. The number of nitrogens with two attached hydrogens (primary N) is 1. The van der Waals surface area contributed by atoms with Gasteiger partial charge in [0.1, 0.15) is 0 Å². The summed E-state index contributed by atoms with van der Waals surface area (Å²) in [6.45, 7) is 4.72. The predicted molar refractivity (Wildman–Crippen MR) is 48.9 cm³/mol. The fraction of sp³-hybridized carbons (Fsp3) is 0.889. The van der Waals surface area contributed by atoms with Crippen molar-refractivity contribution in [3.63, 3.8) is 0 Å². The molecule has 0 aliphatic carbocycles. The third-order valence-electron chi connectivity index (χ3n) is 2.23. The minimum atomic E-state index is -0.742. The molecule has 0 bridgehead atoms. The first kappa shape index (κ1) is 11.4. The Labute approximate surface area is 74.0 Å². The topological polar surface area (TPSA) is 63.3 Å². The summed E-state index contributed by atoms with van der Waals surface area (Å²) in [5, 5.41) is 8.55. The minimum Gasteiger partial charge on any atom is -0.481 e. The molecule has 0 aliphatic rings. The zero-order chi connectivity index (χ0) is 9.56. The van der Waals surface area contributed by atoms with E-state index in [2.05, 4.69) is 13.8 Å². The van der Waals surface area contributed by atoms with Gasteiger partial charge < -0.3 is 10.8 Å². The normalized spacial score (nSPS) is 15.6. The van der Waals surface area contributed by atoms with Crippen molar-refractivity contribution in [2.24, 2.45) is 17.6 Å². The second-order valence-electron chi connectivity index (χ2n) is 3.45. The highest BCUT2D eigenvalue weighted by atomic mass is 16.4. The van der Waals surface area contributed by atoms with Crippen molar-refractivity contribution in [3.05, 3.63) is 0 Å². The lowest BCUT2D eigenvalue weighted by Gasteiger charge is -2.16. The fourth-order valence-electron chi connectivity index (χ4n) is 1.25. The van der Waals surface area contributed by atoms with Crippen LogP contribution < -0.4 is 5.73 Å². The maximum absolute atomic E-state index is 10.4. The molecule has 3 N–H and O–H groups in total. The third kappa shape index (κ3) is 5.13. The van der Waals surface area contributed by atoms with Gasteiger partial charge in [0.2, 0.25) is 0 Å². The number of aliphatic carboxylic acids is 1. The first-order chi connectivity index (χ1) is 5.60. The lowest BCUT2D eigenvalue weighted by atomic mass is 9.92. The second-order valence-corrected chi connectivity index (χ2v) is 3.45. The fourth-order valence-corrected chi connectivity index (χ4v) is 1.25. The van der Waals surface area contributed by atoms with Crippen LogP contribution in [0.25, 0.3) is 0 Å². The van der Waals surface area contributed by atoms with Gasteiger partial charge in [-0.05, 0) is 24.8 Å². The van der Waals surface area contributed by atoms with E-state index in [0.717, 1.165) is 12.8 Å². The Morgan fingerprint density at radius 2 is 2.17 bits per heavy atom. The van der Waals surface area contributed by atoms with E-state index < -0.39 is 5.97 Å². The van der Waals surface area contributed by atoms with Crippen molar-refractivity contribution >= 4 is 5.97 Å². The molecule has 0 unspecified atom stereocenters. The molecule has 0 spiro atoms. The summed E-state index contributed by atoms with van der Waals surface area (Å²) in [5.74, 6) is -0.0101. The summed E-state index contributed by atoms with van der Waals surface area (Å²) < 4.78 is 0. The van der Waals surface area contributed by atoms with Crippen molar-refractivity contribution < 1.29 is 9.90 Å². The molecule has 0 fully saturated rings. The van der Waals surface area contributed by atoms with Gasteiger partial charge in [0, 0.05) is 6.42 Å².